The fourth-order valence-electron chi connectivity index (χ4n) is 1.91. The van der Waals surface area contributed by atoms with E-state index in [1.165, 1.54) is 6.07 Å². The van der Waals surface area contributed by atoms with Crippen LogP contribution in [0.5, 0.6) is 0 Å². The first-order valence-corrected chi connectivity index (χ1v) is 6.51. The lowest BCUT2D eigenvalue weighted by atomic mass is 10.2. The lowest BCUT2D eigenvalue weighted by Gasteiger charge is -2.13. The first-order chi connectivity index (χ1) is 8.61. The topological polar surface area (TPSA) is 69.4 Å². The number of hydrogen-bond donors (Lipinski definition) is 0. The van der Waals surface area contributed by atoms with Crippen molar-refractivity contribution in [3.05, 3.63) is 33.9 Å². The van der Waals surface area contributed by atoms with Crippen molar-refractivity contribution in [3.63, 3.8) is 0 Å². The maximum Gasteiger partial charge on any atom is 0.279 e. The number of hydrogen-bond acceptors (Lipinski definition) is 5. The highest BCUT2D eigenvalue weighted by molar-refractivity contribution is 8.00. The second kappa shape index (κ2) is 5.49. The highest BCUT2D eigenvalue weighted by Crippen LogP contribution is 2.34. The molecule has 0 radical (unpaired) electrons. The standard InChI is InChI=1S/C12H13NO4S/c1-8-12(4-5-17-8)18-10-2-3-11(13(15)16)9(6-10)7-14/h2-3,6-8,12H,4-5H2,1H3. The fourth-order valence-corrected chi connectivity index (χ4v) is 3.08. The van der Waals surface area contributed by atoms with Crippen molar-refractivity contribution >= 4 is 23.7 Å². The maximum atomic E-state index is 10.8. The van der Waals surface area contributed by atoms with E-state index in [-0.39, 0.29) is 17.4 Å². The van der Waals surface area contributed by atoms with Crippen LogP contribution < -0.4 is 0 Å². The number of ether oxygens (including phenoxy) is 1. The van der Waals surface area contributed by atoms with Gasteiger partial charge in [0.15, 0.2) is 6.29 Å². The second-order valence-corrected chi connectivity index (χ2v) is 5.43. The normalized spacial score (nSPS) is 22.9. The molecule has 1 heterocycles. The van der Waals surface area contributed by atoms with Crippen LogP contribution in [0.4, 0.5) is 5.69 Å². The summed E-state index contributed by atoms with van der Waals surface area (Å²) in [5.41, 5.74) is -0.0263. The van der Waals surface area contributed by atoms with E-state index < -0.39 is 4.92 Å². The molecule has 18 heavy (non-hydrogen) atoms. The van der Waals surface area contributed by atoms with Gasteiger partial charge < -0.3 is 4.74 Å². The molecular formula is C12H13NO4S. The van der Waals surface area contributed by atoms with Crippen molar-refractivity contribution < 1.29 is 14.5 Å². The van der Waals surface area contributed by atoms with E-state index in [2.05, 4.69) is 0 Å². The van der Waals surface area contributed by atoms with Crippen LogP contribution in [-0.4, -0.2) is 29.2 Å². The van der Waals surface area contributed by atoms with E-state index in [1.807, 2.05) is 6.92 Å². The minimum absolute atomic E-state index is 0.122. The molecule has 96 valence electrons. The summed E-state index contributed by atoms with van der Waals surface area (Å²) in [4.78, 5) is 21.9. The summed E-state index contributed by atoms with van der Waals surface area (Å²) in [6.45, 7) is 2.75. The van der Waals surface area contributed by atoms with Crippen LogP contribution >= 0.6 is 11.8 Å². The van der Waals surface area contributed by atoms with Gasteiger partial charge in [-0.2, -0.15) is 0 Å². The van der Waals surface area contributed by atoms with Crippen molar-refractivity contribution in [2.45, 2.75) is 29.6 Å². The molecular weight excluding hydrogens is 254 g/mol. The molecule has 1 aliphatic heterocycles. The number of carbonyl (C=O) groups is 1. The molecule has 1 aromatic carbocycles. The molecule has 1 saturated heterocycles. The predicted octanol–water partition coefficient (Wildman–Crippen LogP) is 2.68. The van der Waals surface area contributed by atoms with Crippen LogP contribution in [0.2, 0.25) is 0 Å². The Morgan fingerprint density at radius 2 is 2.33 bits per heavy atom. The van der Waals surface area contributed by atoms with Gasteiger partial charge in [0.05, 0.1) is 16.6 Å². The molecule has 2 rings (SSSR count). The fraction of sp³-hybridized carbons (Fsp3) is 0.417. The molecule has 0 spiro atoms. The van der Waals surface area contributed by atoms with Crippen LogP contribution in [0.15, 0.2) is 23.1 Å². The molecule has 1 aromatic rings. The Morgan fingerprint density at radius 1 is 1.56 bits per heavy atom. The quantitative estimate of drug-likeness (QED) is 0.476. The SMILES string of the molecule is CC1OCCC1Sc1ccc([N+](=O)[O-])c(C=O)c1. The Balaban J connectivity index is 2.19. The zero-order valence-corrected chi connectivity index (χ0v) is 10.7. The van der Waals surface area contributed by atoms with Gasteiger partial charge in [0.2, 0.25) is 0 Å². The Labute approximate surface area is 109 Å². The minimum Gasteiger partial charge on any atom is -0.377 e. The minimum atomic E-state index is -0.542. The van der Waals surface area contributed by atoms with Crippen molar-refractivity contribution in [2.75, 3.05) is 6.61 Å². The first kappa shape index (κ1) is 13.0. The van der Waals surface area contributed by atoms with E-state index in [9.17, 15) is 14.9 Å². The third-order valence-corrected chi connectivity index (χ3v) is 4.36. The Kier molecular flexibility index (Phi) is 3.98. The monoisotopic (exact) mass is 267 g/mol. The van der Waals surface area contributed by atoms with Crippen LogP contribution in [0.3, 0.4) is 0 Å². The molecule has 2 atom stereocenters. The number of thioether (sulfide) groups is 1. The lowest BCUT2D eigenvalue weighted by Crippen LogP contribution is -2.13. The Hall–Kier alpha value is -1.40. The van der Waals surface area contributed by atoms with Gasteiger partial charge in [-0.05, 0) is 25.5 Å². The number of benzene rings is 1. The summed E-state index contributed by atoms with van der Waals surface area (Å²) in [5.74, 6) is 0. The van der Waals surface area contributed by atoms with Gasteiger partial charge >= 0.3 is 0 Å². The number of nitrogens with zero attached hydrogens (tertiary/aromatic N) is 1. The van der Waals surface area contributed by atoms with Crippen molar-refractivity contribution in [1.82, 2.24) is 0 Å². The molecule has 0 saturated carbocycles. The molecule has 0 aliphatic carbocycles. The van der Waals surface area contributed by atoms with E-state index >= 15 is 0 Å². The van der Waals surface area contributed by atoms with Crippen molar-refractivity contribution in [2.24, 2.45) is 0 Å². The van der Waals surface area contributed by atoms with Gasteiger partial charge in [0, 0.05) is 22.8 Å². The van der Waals surface area contributed by atoms with E-state index in [4.69, 9.17) is 4.74 Å². The highest BCUT2D eigenvalue weighted by Gasteiger charge is 2.25. The van der Waals surface area contributed by atoms with Gasteiger partial charge in [-0.25, -0.2) is 0 Å². The largest absolute Gasteiger partial charge is 0.377 e. The number of nitro benzene ring substituents is 1. The molecule has 6 heteroatoms. The van der Waals surface area contributed by atoms with Crippen LogP contribution in [-0.2, 0) is 4.74 Å². The molecule has 1 fully saturated rings. The molecule has 0 aromatic heterocycles. The lowest BCUT2D eigenvalue weighted by molar-refractivity contribution is -0.385. The summed E-state index contributed by atoms with van der Waals surface area (Å²) in [6.07, 6.45) is 1.65. The van der Waals surface area contributed by atoms with Crippen LogP contribution in [0.25, 0.3) is 0 Å². The van der Waals surface area contributed by atoms with E-state index in [1.54, 1.807) is 23.9 Å². The summed E-state index contributed by atoms with van der Waals surface area (Å²) in [6, 6.07) is 4.63. The first-order valence-electron chi connectivity index (χ1n) is 5.63. The molecule has 0 bridgehead atoms. The third-order valence-electron chi connectivity index (χ3n) is 2.92. The second-order valence-electron chi connectivity index (χ2n) is 4.12. The number of aldehydes is 1. The molecule has 0 N–H and O–H groups in total. The number of nitro groups is 1. The molecule has 2 unspecified atom stereocenters. The van der Waals surface area contributed by atoms with Gasteiger partial charge in [-0.15, -0.1) is 11.8 Å². The van der Waals surface area contributed by atoms with Crippen molar-refractivity contribution in [3.8, 4) is 0 Å². The van der Waals surface area contributed by atoms with Gasteiger partial charge in [0.1, 0.15) is 0 Å². The van der Waals surface area contributed by atoms with Gasteiger partial charge in [0.25, 0.3) is 5.69 Å². The van der Waals surface area contributed by atoms with Gasteiger partial charge in [-0.1, -0.05) is 0 Å². The molecule has 1 aliphatic rings. The van der Waals surface area contributed by atoms with Crippen molar-refractivity contribution in [1.29, 1.82) is 0 Å². The van der Waals surface area contributed by atoms with Crippen LogP contribution in [0, 0.1) is 10.1 Å². The number of rotatable bonds is 4. The molecule has 0 amide bonds. The average Bonchev–Trinajstić information content (AvgIpc) is 2.74. The Bertz CT molecular complexity index is 477. The highest BCUT2D eigenvalue weighted by atomic mass is 32.2. The van der Waals surface area contributed by atoms with Gasteiger partial charge in [-0.3, -0.25) is 14.9 Å². The van der Waals surface area contributed by atoms with E-state index in [0.717, 1.165) is 17.9 Å². The Morgan fingerprint density at radius 3 is 2.89 bits per heavy atom. The third kappa shape index (κ3) is 2.70. The number of carbonyl (C=O) groups excluding carboxylic acids is 1. The van der Waals surface area contributed by atoms with E-state index in [0.29, 0.717) is 11.5 Å². The zero-order valence-electron chi connectivity index (χ0n) is 9.87. The average molecular weight is 267 g/mol. The van der Waals surface area contributed by atoms with Crippen LogP contribution in [0.1, 0.15) is 23.7 Å². The summed E-state index contributed by atoms with van der Waals surface area (Å²) in [5, 5.41) is 11.0. The summed E-state index contributed by atoms with van der Waals surface area (Å²) >= 11 is 1.60. The summed E-state index contributed by atoms with van der Waals surface area (Å²) in [7, 11) is 0. The summed E-state index contributed by atoms with van der Waals surface area (Å²) < 4.78 is 5.46. The zero-order chi connectivity index (χ0) is 13.1. The smallest absolute Gasteiger partial charge is 0.279 e. The molecule has 5 nitrogen and oxygen atoms in total. The maximum absolute atomic E-state index is 10.8. The predicted molar refractivity (Wildman–Crippen MR) is 68.2 cm³/mol.